The van der Waals surface area contributed by atoms with Crippen molar-refractivity contribution in [2.45, 2.75) is 13.8 Å². The Morgan fingerprint density at radius 1 is 1.44 bits per heavy atom. The number of carbonyl (C=O) groups is 1. The molecule has 0 amide bonds. The summed E-state index contributed by atoms with van der Waals surface area (Å²) < 4.78 is 10.7. The molecule has 0 spiro atoms. The zero-order chi connectivity index (χ0) is 11.9. The average Bonchev–Trinajstić information content (AvgIpc) is 2.54. The van der Waals surface area contributed by atoms with Crippen LogP contribution in [-0.2, 0) is 0 Å². The molecule has 0 aliphatic heterocycles. The van der Waals surface area contributed by atoms with Crippen LogP contribution in [0.1, 0.15) is 23.0 Å². The van der Waals surface area contributed by atoms with Gasteiger partial charge in [0.25, 0.3) is 0 Å². The number of Topliss-reactive ketones (excluding diaryl/α,β-unsaturated/α-hetero) is 1. The first-order chi connectivity index (χ1) is 7.56. The van der Waals surface area contributed by atoms with Crippen molar-refractivity contribution in [2.24, 2.45) is 0 Å². The van der Waals surface area contributed by atoms with Crippen LogP contribution in [0.5, 0.6) is 5.75 Å². The molecule has 1 aromatic carbocycles. The van der Waals surface area contributed by atoms with Crippen molar-refractivity contribution in [3.05, 3.63) is 28.5 Å². The fourth-order valence-electron chi connectivity index (χ4n) is 1.88. The average molecular weight is 239 g/mol. The Labute approximate surface area is 97.9 Å². The Morgan fingerprint density at radius 3 is 2.69 bits per heavy atom. The predicted molar refractivity (Wildman–Crippen MR) is 62.5 cm³/mol. The molecular formula is C12H11ClO3. The number of halogens is 1. The molecule has 2 rings (SSSR count). The van der Waals surface area contributed by atoms with Gasteiger partial charge in [-0.3, -0.25) is 4.79 Å². The maximum Gasteiger partial charge on any atom is 0.164 e. The van der Waals surface area contributed by atoms with Crippen molar-refractivity contribution in [3.8, 4) is 5.75 Å². The summed E-state index contributed by atoms with van der Waals surface area (Å²) in [5, 5.41) is 1.12. The van der Waals surface area contributed by atoms with E-state index in [1.165, 1.54) is 14.0 Å². The number of hydrogen-bond acceptors (Lipinski definition) is 3. The number of benzene rings is 1. The molecule has 0 aliphatic rings. The van der Waals surface area contributed by atoms with Gasteiger partial charge in [0.15, 0.2) is 5.78 Å². The summed E-state index contributed by atoms with van der Waals surface area (Å²) in [6.07, 6.45) is 0. The number of rotatable bonds is 2. The zero-order valence-electron chi connectivity index (χ0n) is 9.26. The van der Waals surface area contributed by atoms with E-state index in [1.54, 1.807) is 19.1 Å². The van der Waals surface area contributed by atoms with Crippen molar-refractivity contribution in [1.29, 1.82) is 0 Å². The van der Waals surface area contributed by atoms with Gasteiger partial charge in [0.05, 0.1) is 23.1 Å². The molecule has 1 aromatic heterocycles. The molecule has 0 atom stereocenters. The minimum atomic E-state index is -0.0585. The number of methoxy groups -OCH3 is 1. The lowest BCUT2D eigenvalue weighted by Gasteiger charge is -2.04. The maximum atomic E-state index is 11.6. The number of aryl methyl sites for hydroxylation is 1. The summed E-state index contributed by atoms with van der Waals surface area (Å²) in [5.74, 6) is 1.01. The number of ether oxygens (including phenoxy) is 1. The first kappa shape index (κ1) is 11.0. The molecule has 0 aliphatic carbocycles. The third-order valence-corrected chi connectivity index (χ3v) is 2.79. The Hall–Kier alpha value is -1.48. The number of hydrogen-bond donors (Lipinski definition) is 0. The first-order valence-electron chi connectivity index (χ1n) is 4.82. The third kappa shape index (κ3) is 1.48. The third-order valence-electron chi connectivity index (χ3n) is 2.49. The highest BCUT2D eigenvalue weighted by molar-refractivity contribution is 6.33. The van der Waals surface area contributed by atoms with E-state index in [0.717, 1.165) is 0 Å². The van der Waals surface area contributed by atoms with Crippen LogP contribution in [-0.4, -0.2) is 12.9 Å². The zero-order valence-corrected chi connectivity index (χ0v) is 10.0. The quantitative estimate of drug-likeness (QED) is 0.751. The lowest BCUT2D eigenvalue weighted by molar-refractivity contribution is 0.101. The van der Waals surface area contributed by atoms with Gasteiger partial charge in [-0.2, -0.15) is 0 Å². The van der Waals surface area contributed by atoms with Crippen LogP contribution in [0.25, 0.3) is 11.0 Å². The fraction of sp³-hybridized carbons (Fsp3) is 0.250. The monoisotopic (exact) mass is 238 g/mol. The molecule has 0 unspecified atom stereocenters. The van der Waals surface area contributed by atoms with Crippen LogP contribution < -0.4 is 4.74 Å². The minimum Gasteiger partial charge on any atom is -0.494 e. The van der Waals surface area contributed by atoms with Gasteiger partial charge in [-0.25, -0.2) is 0 Å². The highest BCUT2D eigenvalue weighted by Gasteiger charge is 2.20. The fourth-order valence-corrected chi connectivity index (χ4v) is 2.11. The minimum absolute atomic E-state index is 0.0585. The Balaban J connectivity index is 2.94. The summed E-state index contributed by atoms with van der Waals surface area (Å²) in [4.78, 5) is 11.6. The molecule has 0 bridgehead atoms. The molecule has 84 valence electrons. The van der Waals surface area contributed by atoms with E-state index >= 15 is 0 Å². The second-order valence-electron chi connectivity index (χ2n) is 3.54. The first-order valence-corrected chi connectivity index (χ1v) is 5.20. The van der Waals surface area contributed by atoms with Crippen molar-refractivity contribution in [1.82, 2.24) is 0 Å². The standard InChI is InChI=1S/C12H11ClO3/c1-6(14)10-7(2)16-9-5-4-8(13)12(15-3)11(9)10/h4-5H,1-3H3. The van der Waals surface area contributed by atoms with E-state index < -0.39 is 0 Å². The van der Waals surface area contributed by atoms with Gasteiger partial charge in [0.1, 0.15) is 17.1 Å². The van der Waals surface area contributed by atoms with Crippen molar-refractivity contribution in [3.63, 3.8) is 0 Å². The molecule has 0 saturated carbocycles. The molecule has 3 nitrogen and oxygen atoms in total. The molecule has 0 N–H and O–H groups in total. The van der Waals surface area contributed by atoms with Crippen molar-refractivity contribution in [2.75, 3.05) is 7.11 Å². The van der Waals surface area contributed by atoms with Gasteiger partial charge in [-0.1, -0.05) is 11.6 Å². The van der Waals surface area contributed by atoms with Gasteiger partial charge < -0.3 is 9.15 Å². The lowest BCUT2D eigenvalue weighted by Crippen LogP contribution is -1.94. The predicted octanol–water partition coefficient (Wildman–Crippen LogP) is 3.61. The summed E-state index contributed by atoms with van der Waals surface area (Å²) in [7, 11) is 1.52. The van der Waals surface area contributed by atoms with Crippen LogP contribution >= 0.6 is 11.6 Å². The molecule has 0 radical (unpaired) electrons. The highest BCUT2D eigenvalue weighted by atomic mass is 35.5. The van der Waals surface area contributed by atoms with Gasteiger partial charge in [-0.15, -0.1) is 0 Å². The second-order valence-corrected chi connectivity index (χ2v) is 3.95. The summed E-state index contributed by atoms with van der Waals surface area (Å²) in [6, 6.07) is 3.43. The van der Waals surface area contributed by atoms with E-state index in [-0.39, 0.29) is 5.78 Å². The molecule has 1 heterocycles. The molecular weight excluding hydrogens is 228 g/mol. The van der Waals surface area contributed by atoms with Crippen LogP contribution in [0, 0.1) is 6.92 Å². The van der Waals surface area contributed by atoms with Crippen LogP contribution in [0.15, 0.2) is 16.5 Å². The Bertz CT molecular complexity index is 569. The largest absolute Gasteiger partial charge is 0.494 e. The van der Waals surface area contributed by atoms with Crippen LogP contribution in [0.3, 0.4) is 0 Å². The van der Waals surface area contributed by atoms with Gasteiger partial charge in [0, 0.05) is 0 Å². The van der Waals surface area contributed by atoms with Crippen LogP contribution in [0.4, 0.5) is 0 Å². The van der Waals surface area contributed by atoms with E-state index in [9.17, 15) is 4.79 Å². The Kier molecular flexibility index (Phi) is 2.64. The SMILES string of the molecule is COc1c(Cl)ccc2oc(C)c(C(C)=O)c12. The normalized spacial score (nSPS) is 10.8. The molecule has 0 fully saturated rings. The van der Waals surface area contributed by atoms with Gasteiger partial charge >= 0.3 is 0 Å². The highest BCUT2D eigenvalue weighted by Crippen LogP contribution is 2.38. The molecule has 2 aromatic rings. The number of fused-ring (bicyclic) bond motifs is 1. The number of ketones is 1. The molecule has 0 saturated heterocycles. The van der Waals surface area contributed by atoms with Gasteiger partial charge in [0.2, 0.25) is 0 Å². The van der Waals surface area contributed by atoms with Crippen molar-refractivity contribution < 1.29 is 13.9 Å². The van der Waals surface area contributed by atoms with E-state index in [1.807, 2.05) is 0 Å². The maximum absolute atomic E-state index is 11.6. The van der Waals surface area contributed by atoms with Crippen LogP contribution in [0.2, 0.25) is 5.02 Å². The Morgan fingerprint density at radius 2 is 2.12 bits per heavy atom. The van der Waals surface area contributed by atoms with Crippen molar-refractivity contribution >= 4 is 28.4 Å². The smallest absolute Gasteiger partial charge is 0.164 e. The van der Waals surface area contributed by atoms with Gasteiger partial charge in [-0.05, 0) is 26.0 Å². The number of carbonyl (C=O) groups excluding carboxylic acids is 1. The van der Waals surface area contributed by atoms with E-state index in [4.69, 9.17) is 20.8 Å². The summed E-state index contributed by atoms with van der Waals surface area (Å²) >= 11 is 6.01. The molecule has 4 heteroatoms. The van der Waals surface area contributed by atoms with E-state index in [0.29, 0.717) is 33.1 Å². The summed E-state index contributed by atoms with van der Waals surface area (Å²) in [6.45, 7) is 3.25. The van der Waals surface area contributed by atoms with E-state index in [2.05, 4.69) is 0 Å². The summed E-state index contributed by atoms with van der Waals surface area (Å²) in [5.41, 5.74) is 1.15. The second kappa shape index (κ2) is 3.83. The number of furan rings is 1. The lowest BCUT2D eigenvalue weighted by atomic mass is 10.1. The molecule has 16 heavy (non-hydrogen) atoms. The topological polar surface area (TPSA) is 39.4 Å².